The average Bonchev–Trinajstić information content (AvgIpc) is 2.63. The minimum absolute atomic E-state index is 0.0662. The van der Waals surface area contributed by atoms with Gasteiger partial charge in [-0.05, 0) is 24.1 Å². The number of rotatable bonds is 7. The highest BCUT2D eigenvalue weighted by molar-refractivity contribution is 5.97. The summed E-state index contributed by atoms with van der Waals surface area (Å²) in [5, 5.41) is 14.9. The molecule has 1 aromatic carbocycles. The van der Waals surface area contributed by atoms with Crippen molar-refractivity contribution in [3.05, 3.63) is 41.6 Å². The molecule has 2 rings (SSSR count). The van der Waals surface area contributed by atoms with Crippen molar-refractivity contribution in [2.24, 2.45) is 0 Å². The van der Waals surface area contributed by atoms with Gasteiger partial charge < -0.3 is 15.4 Å². The first-order valence-corrected chi connectivity index (χ1v) is 8.27. The Morgan fingerprint density at radius 3 is 2.67 bits per heavy atom. The van der Waals surface area contributed by atoms with Crippen molar-refractivity contribution in [3.63, 3.8) is 0 Å². The summed E-state index contributed by atoms with van der Waals surface area (Å²) < 4.78 is 5.28. The second kappa shape index (κ2) is 9.71. The first-order valence-electron chi connectivity index (χ1n) is 8.27. The summed E-state index contributed by atoms with van der Waals surface area (Å²) in [6.07, 6.45) is 2.43. The molecule has 0 spiro atoms. The Morgan fingerprint density at radius 1 is 1.33 bits per heavy atom. The summed E-state index contributed by atoms with van der Waals surface area (Å²) in [5.41, 5.74) is 2.16. The van der Waals surface area contributed by atoms with E-state index in [9.17, 15) is 4.79 Å². The van der Waals surface area contributed by atoms with Crippen LogP contribution in [0.25, 0.3) is 0 Å². The summed E-state index contributed by atoms with van der Waals surface area (Å²) in [5.74, 6) is -0.358. The van der Waals surface area contributed by atoms with Crippen LogP contribution in [0.5, 0.6) is 0 Å². The Hall–Kier alpha value is -2.36. The third kappa shape index (κ3) is 5.69. The van der Waals surface area contributed by atoms with E-state index in [2.05, 4.69) is 22.5 Å². The van der Waals surface area contributed by atoms with E-state index < -0.39 is 0 Å². The van der Waals surface area contributed by atoms with Crippen LogP contribution in [0.3, 0.4) is 0 Å². The molecule has 1 amide bonds. The predicted octanol–water partition coefficient (Wildman–Crippen LogP) is 1.52. The molecule has 1 aromatic rings. The number of morpholine rings is 1. The first-order chi connectivity index (χ1) is 11.7. The molecular formula is C18H24N4O2. The molecule has 2 N–H and O–H groups in total. The van der Waals surface area contributed by atoms with Crippen molar-refractivity contribution in [1.82, 2.24) is 10.2 Å². The third-order valence-electron chi connectivity index (χ3n) is 3.93. The minimum Gasteiger partial charge on any atom is -0.379 e. The summed E-state index contributed by atoms with van der Waals surface area (Å²) in [7, 11) is 0. The van der Waals surface area contributed by atoms with Gasteiger partial charge in [0.1, 0.15) is 11.6 Å². The van der Waals surface area contributed by atoms with Gasteiger partial charge in [0.25, 0.3) is 5.91 Å². The standard InChI is InChI=1S/C18H24N4O2/c1-2-15-3-5-17(6-4-15)21-14-16(13-19)18(23)20-7-8-22-9-11-24-12-10-22/h3-6,14,21H,2,7-12H2,1H3,(H,20,23)/b16-14-. The van der Waals surface area contributed by atoms with E-state index in [4.69, 9.17) is 10.00 Å². The molecule has 0 radical (unpaired) electrons. The molecule has 6 nitrogen and oxygen atoms in total. The molecule has 1 aliphatic heterocycles. The van der Waals surface area contributed by atoms with E-state index in [-0.39, 0.29) is 11.5 Å². The first kappa shape index (κ1) is 18.0. The maximum atomic E-state index is 12.1. The van der Waals surface area contributed by atoms with E-state index in [1.165, 1.54) is 11.8 Å². The Labute approximate surface area is 143 Å². The van der Waals surface area contributed by atoms with Crippen LogP contribution < -0.4 is 10.6 Å². The number of hydrogen-bond acceptors (Lipinski definition) is 5. The molecule has 0 bridgehead atoms. The van der Waals surface area contributed by atoms with Crippen molar-refractivity contribution in [2.45, 2.75) is 13.3 Å². The van der Waals surface area contributed by atoms with E-state index in [1.807, 2.05) is 30.3 Å². The zero-order chi connectivity index (χ0) is 17.2. The quantitative estimate of drug-likeness (QED) is 0.586. The van der Waals surface area contributed by atoms with Crippen LogP contribution in [0.4, 0.5) is 5.69 Å². The number of carbonyl (C=O) groups is 1. The number of aryl methyl sites for hydroxylation is 1. The van der Waals surface area contributed by atoms with Gasteiger partial charge in [-0.2, -0.15) is 5.26 Å². The Balaban J connectivity index is 1.80. The number of hydrogen-bond donors (Lipinski definition) is 2. The molecule has 0 atom stereocenters. The van der Waals surface area contributed by atoms with Crippen LogP contribution in [0.2, 0.25) is 0 Å². The second-order valence-corrected chi connectivity index (χ2v) is 5.57. The minimum atomic E-state index is -0.358. The lowest BCUT2D eigenvalue weighted by molar-refractivity contribution is -0.117. The van der Waals surface area contributed by atoms with E-state index >= 15 is 0 Å². The Kier molecular flexibility index (Phi) is 7.27. The number of anilines is 1. The summed E-state index contributed by atoms with van der Waals surface area (Å²) in [4.78, 5) is 14.3. The number of nitriles is 1. The number of amides is 1. The molecule has 0 aromatic heterocycles. The summed E-state index contributed by atoms with van der Waals surface area (Å²) in [6.45, 7) is 6.61. The fraction of sp³-hybridized carbons (Fsp3) is 0.444. The Bertz CT molecular complexity index is 598. The van der Waals surface area contributed by atoms with Crippen molar-refractivity contribution in [3.8, 4) is 6.07 Å². The van der Waals surface area contributed by atoms with Crippen molar-refractivity contribution >= 4 is 11.6 Å². The molecule has 6 heteroatoms. The van der Waals surface area contributed by atoms with Crippen LogP contribution in [-0.2, 0) is 16.0 Å². The number of nitrogens with one attached hydrogen (secondary N) is 2. The van der Waals surface area contributed by atoms with Crippen molar-refractivity contribution in [2.75, 3.05) is 44.7 Å². The normalized spacial score (nSPS) is 15.6. The van der Waals surface area contributed by atoms with Gasteiger partial charge in [-0.15, -0.1) is 0 Å². The van der Waals surface area contributed by atoms with Crippen molar-refractivity contribution in [1.29, 1.82) is 5.26 Å². The van der Waals surface area contributed by atoms with Gasteiger partial charge in [-0.1, -0.05) is 19.1 Å². The lowest BCUT2D eigenvalue weighted by atomic mass is 10.1. The number of nitrogens with zero attached hydrogens (tertiary/aromatic N) is 2. The van der Waals surface area contributed by atoms with Gasteiger partial charge in [-0.3, -0.25) is 9.69 Å². The van der Waals surface area contributed by atoms with Crippen molar-refractivity contribution < 1.29 is 9.53 Å². The molecule has 1 heterocycles. The van der Waals surface area contributed by atoms with Gasteiger partial charge >= 0.3 is 0 Å². The molecule has 0 saturated carbocycles. The third-order valence-corrected chi connectivity index (χ3v) is 3.93. The summed E-state index contributed by atoms with van der Waals surface area (Å²) in [6, 6.07) is 9.84. The van der Waals surface area contributed by atoms with Crippen LogP contribution in [0.15, 0.2) is 36.0 Å². The number of carbonyl (C=O) groups excluding carboxylic acids is 1. The number of benzene rings is 1. The molecule has 1 fully saturated rings. The van der Waals surface area contributed by atoms with E-state index in [0.29, 0.717) is 6.54 Å². The fourth-order valence-electron chi connectivity index (χ4n) is 2.39. The molecule has 0 aliphatic carbocycles. The van der Waals surface area contributed by atoms with Gasteiger partial charge in [-0.25, -0.2) is 0 Å². The SMILES string of the molecule is CCc1ccc(N/C=C(/C#N)C(=O)NCCN2CCOCC2)cc1. The topological polar surface area (TPSA) is 77.4 Å². The number of ether oxygens (including phenoxy) is 1. The van der Waals surface area contributed by atoms with Crippen LogP contribution in [-0.4, -0.2) is 50.2 Å². The molecule has 1 aliphatic rings. The Morgan fingerprint density at radius 2 is 2.04 bits per heavy atom. The average molecular weight is 328 g/mol. The largest absolute Gasteiger partial charge is 0.379 e. The molecule has 24 heavy (non-hydrogen) atoms. The molecule has 1 saturated heterocycles. The fourth-order valence-corrected chi connectivity index (χ4v) is 2.39. The molecule has 128 valence electrons. The summed E-state index contributed by atoms with van der Waals surface area (Å²) >= 11 is 0. The lowest BCUT2D eigenvalue weighted by Crippen LogP contribution is -2.41. The van der Waals surface area contributed by atoms with Gasteiger partial charge in [0.05, 0.1) is 13.2 Å². The zero-order valence-electron chi connectivity index (χ0n) is 14.0. The maximum Gasteiger partial charge on any atom is 0.263 e. The van der Waals surface area contributed by atoms with Gasteiger partial charge in [0, 0.05) is 38.1 Å². The smallest absolute Gasteiger partial charge is 0.263 e. The van der Waals surface area contributed by atoms with Crippen LogP contribution in [0, 0.1) is 11.3 Å². The van der Waals surface area contributed by atoms with E-state index in [1.54, 1.807) is 0 Å². The second-order valence-electron chi connectivity index (χ2n) is 5.57. The monoisotopic (exact) mass is 328 g/mol. The molecule has 0 unspecified atom stereocenters. The highest BCUT2D eigenvalue weighted by Gasteiger charge is 2.12. The highest BCUT2D eigenvalue weighted by Crippen LogP contribution is 2.10. The predicted molar refractivity (Wildman–Crippen MR) is 93.4 cm³/mol. The maximum absolute atomic E-state index is 12.1. The highest BCUT2D eigenvalue weighted by atomic mass is 16.5. The van der Waals surface area contributed by atoms with E-state index in [0.717, 1.165) is 45.0 Å². The van der Waals surface area contributed by atoms with Gasteiger partial charge in [0.15, 0.2) is 0 Å². The molecular weight excluding hydrogens is 304 g/mol. The zero-order valence-corrected chi connectivity index (χ0v) is 14.0. The van der Waals surface area contributed by atoms with Gasteiger partial charge in [0.2, 0.25) is 0 Å². The lowest BCUT2D eigenvalue weighted by Gasteiger charge is -2.26. The van der Waals surface area contributed by atoms with Crippen LogP contribution >= 0.6 is 0 Å². The van der Waals surface area contributed by atoms with Crippen LogP contribution in [0.1, 0.15) is 12.5 Å².